The summed E-state index contributed by atoms with van der Waals surface area (Å²) >= 11 is 1.11. The van der Waals surface area contributed by atoms with Crippen LogP contribution in [0.3, 0.4) is 0 Å². The number of nitrogens with zero attached hydrogens (tertiary/aromatic N) is 3. The second-order valence-electron chi connectivity index (χ2n) is 7.04. The molecule has 1 amide bonds. The molecular formula is C20H18F2N4O3S2. The first-order chi connectivity index (χ1) is 14.8. The van der Waals surface area contributed by atoms with Crippen molar-refractivity contribution in [2.75, 3.05) is 18.4 Å². The Hall–Kier alpha value is -2.76. The fourth-order valence-electron chi connectivity index (χ4n) is 3.35. The molecule has 31 heavy (non-hydrogen) atoms. The lowest BCUT2D eigenvalue weighted by Gasteiger charge is -2.30. The second kappa shape index (κ2) is 8.77. The zero-order chi connectivity index (χ0) is 22.0. The molecule has 1 atom stereocenters. The fraction of sp³-hybridized carbons (Fsp3) is 0.250. The summed E-state index contributed by atoms with van der Waals surface area (Å²) in [5.41, 5.74) is 0.630. The molecule has 0 saturated carbocycles. The monoisotopic (exact) mass is 464 g/mol. The van der Waals surface area contributed by atoms with Crippen molar-refractivity contribution in [3.63, 3.8) is 0 Å². The summed E-state index contributed by atoms with van der Waals surface area (Å²) < 4.78 is 53.7. The number of rotatable bonds is 5. The van der Waals surface area contributed by atoms with Crippen LogP contribution < -0.4 is 5.32 Å². The van der Waals surface area contributed by atoms with Crippen LogP contribution in [-0.4, -0.2) is 41.9 Å². The van der Waals surface area contributed by atoms with Crippen LogP contribution in [0, 0.1) is 11.6 Å². The molecule has 4 rings (SSSR count). The third kappa shape index (κ3) is 4.63. The average Bonchev–Trinajstić information content (AvgIpc) is 3.27. The molecule has 1 saturated heterocycles. The molecule has 7 nitrogen and oxygen atoms in total. The van der Waals surface area contributed by atoms with Gasteiger partial charge in [0.1, 0.15) is 5.01 Å². The molecule has 1 unspecified atom stereocenters. The minimum atomic E-state index is -3.99. The predicted octanol–water partition coefficient (Wildman–Crippen LogP) is 3.64. The third-order valence-corrected chi connectivity index (χ3v) is 7.87. The first kappa shape index (κ1) is 21.5. The van der Waals surface area contributed by atoms with Crippen molar-refractivity contribution in [2.24, 2.45) is 0 Å². The Bertz CT molecular complexity index is 1200. The second-order valence-corrected chi connectivity index (χ2v) is 9.99. The summed E-state index contributed by atoms with van der Waals surface area (Å²) in [7, 11) is -3.99. The minimum absolute atomic E-state index is 0.121. The van der Waals surface area contributed by atoms with Gasteiger partial charge in [-0.3, -0.25) is 4.79 Å². The molecule has 3 aromatic rings. The molecule has 0 aliphatic carbocycles. The Kier molecular flexibility index (Phi) is 6.08. The molecule has 2 aromatic carbocycles. The molecule has 1 aliphatic heterocycles. The van der Waals surface area contributed by atoms with Gasteiger partial charge in [-0.05, 0) is 43.2 Å². The van der Waals surface area contributed by atoms with Gasteiger partial charge in [-0.25, -0.2) is 17.2 Å². The molecule has 1 aliphatic rings. The van der Waals surface area contributed by atoms with Crippen LogP contribution in [-0.2, 0) is 10.0 Å². The van der Waals surface area contributed by atoms with Gasteiger partial charge in [0.05, 0.1) is 4.90 Å². The number of nitrogens with one attached hydrogen (secondary N) is 1. The van der Waals surface area contributed by atoms with Crippen molar-refractivity contribution in [1.29, 1.82) is 0 Å². The first-order valence-corrected chi connectivity index (χ1v) is 11.8. The van der Waals surface area contributed by atoms with Gasteiger partial charge in [0.25, 0.3) is 5.91 Å². The summed E-state index contributed by atoms with van der Waals surface area (Å²) in [5.74, 6) is -2.96. The molecule has 162 valence electrons. The maximum absolute atomic E-state index is 13.5. The Morgan fingerprint density at radius 1 is 1.10 bits per heavy atom. The van der Waals surface area contributed by atoms with Crippen molar-refractivity contribution in [1.82, 2.24) is 14.5 Å². The van der Waals surface area contributed by atoms with Gasteiger partial charge in [0, 0.05) is 24.7 Å². The average molecular weight is 465 g/mol. The van der Waals surface area contributed by atoms with E-state index in [9.17, 15) is 22.0 Å². The summed E-state index contributed by atoms with van der Waals surface area (Å²) in [4.78, 5) is 12.1. The number of sulfonamides is 1. The zero-order valence-corrected chi connectivity index (χ0v) is 17.8. The van der Waals surface area contributed by atoms with E-state index in [1.807, 2.05) is 6.07 Å². The summed E-state index contributed by atoms with van der Waals surface area (Å²) in [6, 6.07) is 11.5. The van der Waals surface area contributed by atoms with Crippen LogP contribution in [0.15, 0.2) is 53.4 Å². The van der Waals surface area contributed by atoms with Crippen molar-refractivity contribution < 1.29 is 22.0 Å². The van der Waals surface area contributed by atoms with Crippen molar-refractivity contribution in [3.8, 4) is 0 Å². The van der Waals surface area contributed by atoms with Crippen LogP contribution in [0.4, 0.5) is 14.5 Å². The largest absolute Gasteiger partial charge is 0.320 e. The minimum Gasteiger partial charge on any atom is -0.320 e. The zero-order valence-electron chi connectivity index (χ0n) is 16.2. The predicted molar refractivity (Wildman–Crippen MR) is 111 cm³/mol. The maximum Gasteiger partial charge on any atom is 0.286 e. The van der Waals surface area contributed by atoms with Crippen LogP contribution in [0.25, 0.3) is 0 Å². The van der Waals surface area contributed by atoms with Crippen molar-refractivity contribution >= 4 is 33.0 Å². The summed E-state index contributed by atoms with van der Waals surface area (Å²) in [6.07, 6.45) is 1.25. The van der Waals surface area contributed by atoms with E-state index < -0.39 is 27.6 Å². The molecule has 1 aromatic heterocycles. The highest BCUT2D eigenvalue weighted by atomic mass is 32.2. The van der Waals surface area contributed by atoms with E-state index in [4.69, 9.17) is 0 Å². The quantitative estimate of drug-likeness (QED) is 0.623. The van der Waals surface area contributed by atoms with Crippen molar-refractivity contribution in [2.45, 2.75) is 23.7 Å². The number of para-hydroxylation sites is 1. The third-order valence-electron chi connectivity index (χ3n) is 4.93. The number of benzene rings is 2. The number of amides is 1. The van der Waals surface area contributed by atoms with E-state index >= 15 is 0 Å². The highest BCUT2D eigenvalue weighted by Gasteiger charge is 2.33. The SMILES string of the molecule is O=C(Nc1ccccc1)c1nnc(C2CCCN(S(=O)(=O)c3ccc(F)c(F)c3)C2)s1. The van der Waals surface area contributed by atoms with Gasteiger partial charge in [-0.15, -0.1) is 10.2 Å². The molecule has 1 fully saturated rings. The van der Waals surface area contributed by atoms with Gasteiger partial charge >= 0.3 is 0 Å². The molecule has 0 spiro atoms. The number of hydrogen-bond acceptors (Lipinski definition) is 6. The van der Waals surface area contributed by atoms with E-state index in [-0.39, 0.29) is 28.9 Å². The van der Waals surface area contributed by atoms with E-state index in [2.05, 4.69) is 15.5 Å². The van der Waals surface area contributed by atoms with Crippen LogP contribution in [0.2, 0.25) is 0 Å². The highest BCUT2D eigenvalue weighted by molar-refractivity contribution is 7.89. The van der Waals surface area contributed by atoms with E-state index in [0.29, 0.717) is 29.6 Å². The number of aromatic nitrogens is 2. The van der Waals surface area contributed by atoms with Gasteiger partial charge in [-0.2, -0.15) is 4.31 Å². The van der Waals surface area contributed by atoms with Crippen LogP contribution in [0.1, 0.15) is 33.6 Å². The molecule has 0 bridgehead atoms. The standard InChI is InChI=1S/C20H18F2N4O3S2/c21-16-9-8-15(11-17(16)22)31(28,29)26-10-4-5-13(12-26)19-24-25-20(30-19)18(27)23-14-6-2-1-3-7-14/h1-3,6-9,11,13H,4-5,10,12H2,(H,23,27). The number of carbonyl (C=O) groups excluding carboxylic acids is 1. The Labute approximate surface area is 181 Å². The summed E-state index contributed by atoms with van der Waals surface area (Å²) in [5, 5.41) is 11.5. The van der Waals surface area contributed by atoms with E-state index in [1.54, 1.807) is 24.3 Å². The van der Waals surface area contributed by atoms with Crippen molar-refractivity contribution in [3.05, 3.63) is 70.2 Å². The highest BCUT2D eigenvalue weighted by Crippen LogP contribution is 2.32. The first-order valence-electron chi connectivity index (χ1n) is 9.49. The lowest BCUT2D eigenvalue weighted by molar-refractivity contribution is 0.102. The van der Waals surface area contributed by atoms with Gasteiger partial charge in [0.2, 0.25) is 15.0 Å². The van der Waals surface area contributed by atoms with E-state index in [0.717, 1.165) is 23.5 Å². The molecule has 11 heteroatoms. The number of anilines is 1. The molecule has 0 radical (unpaired) electrons. The fourth-order valence-corrected chi connectivity index (χ4v) is 5.75. The Morgan fingerprint density at radius 3 is 2.61 bits per heavy atom. The lowest BCUT2D eigenvalue weighted by atomic mass is 10.0. The molecule has 2 heterocycles. The lowest BCUT2D eigenvalue weighted by Crippen LogP contribution is -2.39. The maximum atomic E-state index is 13.5. The van der Waals surface area contributed by atoms with Gasteiger partial charge < -0.3 is 5.32 Å². The number of halogens is 2. The smallest absolute Gasteiger partial charge is 0.286 e. The Morgan fingerprint density at radius 2 is 1.87 bits per heavy atom. The van der Waals surface area contributed by atoms with Crippen LogP contribution in [0.5, 0.6) is 0 Å². The van der Waals surface area contributed by atoms with Gasteiger partial charge in [0.15, 0.2) is 11.6 Å². The number of piperidine rings is 1. The Balaban J connectivity index is 1.49. The molecular weight excluding hydrogens is 446 g/mol. The summed E-state index contributed by atoms with van der Waals surface area (Å²) in [6.45, 7) is 0.383. The van der Waals surface area contributed by atoms with Gasteiger partial charge in [-0.1, -0.05) is 29.5 Å². The molecule has 1 N–H and O–H groups in total. The van der Waals surface area contributed by atoms with E-state index in [1.165, 1.54) is 4.31 Å². The number of carbonyl (C=O) groups is 1. The topological polar surface area (TPSA) is 92.3 Å². The number of hydrogen-bond donors (Lipinski definition) is 1. The normalized spacial score (nSPS) is 17.4. The van der Waals surface area contributed by atoms with Crippen LogP contribution >= 0.6 is 11.3 Å².